The quantitative estimate of drug-likeness (QED) is 0.860. The van der Waals surface area contributed by atoms with Crippen molar-refractivity contribution in [2.75, 3.05) is 0 Å². The minimum absolute atomic E-state index is 0.148. The summed E-state index contributed by atoms with van der Waals surface area (Å²) < 4.78 is 27.2. The molecule has 0 aliphatic carbocycles. The molecule has 0 amide bonds. The van der Waals surface area contributed by atoms with Gasteiger partial charge in [-0.15, -0.1) is 0 Å². The van der Waals surface area contributed by atoms with E-state index >= 15 is 0 Å². The Bertz CT molecular complexity index is 609. The minimum atomic E-state index is -0.847. The molecule has 0 aromatic heterocycles. The third kappa shape index (κ3) is 2.73. The van der Waals surface area contributed by atoms with Gasteiger partial charge in [0.15, 0.2) is 0 Å². The van der Waals surface area contributed by atoms with Gasteiger partial charge in [-0.2, -0.15) is 0 Å². The fourth-order valence-electron chi connectivity index (χ4n) is 1.88. The van der Waals surface area contributed by atoms with E-state index in [0.717, 1.165) is 0 Å². The van der Waals surface area contributed by atoms with Gasteiger partial charge in [0, 0.05) is 15.6 Å². The van der Waals surface area contributed by atoms with E-state index in [1.54, 1.807) is 13.0 Å². The smallest absolute Gasteiger partial charge is 0.129 e. The van der Waals surface area contributed by atoms with Gasteiger partial charge >= 0.3 is 0 Å². The van der Waals surface area contributed by atoms with Crippen molar-refractivity contribution in [1.82, 2.24) is 0 Å². The fourth-order valence-corrected chi connectivity index (χ4v) is 2.43. The molecular weight excluding hydrogens is 291 g/mol. The van der Waals surface area contributed by atoms with Crippen LogP contribution in [0, 0.1) is 18.6 Å². The Balaban J connectivity index is 2.56. The largest absolute Gasteiger partial charge is 0.320 e. The summed E-state index contributed by atoms with van der Waals surface area (Å²) in [5.74, 6) is -0.946. The Morgan fingerprint density at radius 1 is 1.05 bits per heavy atom. The molecule has 1 nitrogen and oxygen atoms in total. The van der Waals surface area contributed by atoms with Crippen molar-refractivity contribution < 1.29 is 8.78 Å². The molecule has 100 valence electrons. The van der Waals surface area contributed by atoms with Gasteiger partial charge in [-0.25, -0.2) is 8.78 Å². The molecule has 0 spiro atoms. The van der Waals surface area contributed by atoms with Crippen molar-refractivity contribution in [2.45, 2.75) is 13.0 Å². The van der Waals surface area contributed by atoms with Crippen LogP contribution >= 0.6 is 23.2 Å². The van der Waals surface area contributed by atoms with Crippen molar-refractivity contribution in [3.8, 4) is 0 Å². The van der Waals surface area contributed by atoms with Gasteiger partial charge < -0.3 is 5.73 Å². The molecule has 0 bridgehead atoms. The van der Waals surface area contributed by atoms with Gasteiger partial charge in [-0.05, 0) is 42.3 Å². The van der Waals surface area contributed by atoms with E-state index in [0.29, 0.717) is 11.1 Å². The zero-order valence-corrected chi connectivity index (χ0v) is 11.6. The first-order valence-corrected chi connectivity index (χ1v) is 6.32. The predicted octanol–water partition coefficient (Wildman–Crippen LogP) is 4.63. The normalized spacial score (nSPS) is 12.5. The Morgan fingerprint density at radius 2 is 1.74 bits per heavy atom. The fraction of sp³-hybridized carbons (Fsp3) is 0.143. The van der Waals surface area contributed by atoms with E-state index < -0.39 is 17.7 Å². The van der Waals surface area contributed by atoms with Crippen LogP contribution in [0.3, 0.4) is 0 Å². The second kappa shape index (κ2) is 5.45. The van der Waals surface area contributed by atoms with Crippen LogP contribution in [-0.4, -0.2) is 0 Å². The zero-order valence-electron chi connectivity index (χ0n) is 10.1. The summed E-state index contributed by atoms with van der Waals surface area (Å²) >= 11 is 11.9. The number of hydrogen-bond acceptors (Lipinski definition) is 1. The zero-order chi connectivity index (χ0) is 14.2. The van der Waals surface area contributed by atoms with Crippen molar-refractivity contribution in [1.29, 1.82) is 0 Å². The van der Waals surface area contributed by atoms with Gasteiger partial charge in [0.05, 0.1) is 6.04 Å². The number of hydrogen-bond donors (Lipinski definition) is 1. The van der Waals surface area contributed by atoms with Gasteiger partial charge in [0.25, 0.3) is 0 Å². The second-order valence-electron chi connectivity index (χ2n) is 4.24. The molecule has 2 aromatic rings. The highest BCUT2D eigenvalue weighted by molar-refractivity contribution is 6.32. The van der Waals surface area contributed by atoms with Crippen LogP contribution in [0.25, 0.3) is 0 Å². The summed E-state index contributed by atoms with van der Waals surface area (Å²) in [4.78, 5) is 0. The summed E-state index contributed by atoms with van der Waals surface area (Å²) in [6.45, 7) is 1.59. The Morgan fingerprint density at radius 3 is 2.37 bits per heavy atom. The monoisotopic (exact) mass is 301 g/mol. The number of aryl methyl sites for hydroxylation is 1. The highest BCUT2D eigenvalue weighted by Gasteiger charge is 2.20. The summed E-state index contributed by atoms with van der Waals surface area (Å²) in [7, 11) is 0. The molecule has 2 N–H and O–H groups in total. The SMILES string of the molecule is Cc1cc(C(N)c2c(F)cccc2Cl)c(Cl)cc1F. The van der Waals surface area contributed by atoms with Crippen molar-refractivity contribution in [2.24, 2.45) is 5.73 Å². The molecule has 5 heteroatoms. The van der Waals surface area contributed by atoms with E-state index in [2.05, 4.69) is 0 Å². The molecule has 0 aliphatic heterocycles. The third-order valence-corrected chi connectivity index (χ3v) is 3.58. The topological polar surface area (TPSA) is 26.0 Å². The number of halogens is 4. The number of benzene rings is 2. The van der Waals surface area contributed by atoms with Crippen LogP contribution < -0.4 is 5.73 Å². The van der Waals surface area contributed by atoms with Crippen molar-refractivity contribution in [3.05, 3.63) is 68.7 Å². The Hall–Kier alpha value is -1.16. The first kappa shape index (κ1) is 14.3. The van der Waals surface area contributed by atoms with Gasteiger partial charge in [-0.3, -0.25) is 0 Å². The standard InChI is InChI=1S/C14H11Cl2F2N/c1-7-5-8(10(16)6-12(7)18)14(19)13-9(15)3-2-4-11(13)17/h2-6,14H,19H2,1H3. The lowest BCUT2D eigenvalue weighted by Gasteiger charge is -2.17. The lowest BCUT2D eigenvalue weighted by Crippen LogP contribution is -2.15. The van der Waals surface area contributed by atoms with Crippen LogP contribution in [0.2, 0.25) is 10.0 Å². The third-order valence-electron chi connectivity index (χ3n) is 2.92. The predicted molar refractivity (Wildman–Crippen MR) is 73.6 cm³/mol. The van der Waals surface area contributed by atoms with Crippen LogP contribution in [0.1, 0.15) is 22.7 Å². The Kier molecular flexibility index (Phi) is 4.09. The van der Waals surface area contributed by atoms with Crippen LogP contribution in [-0.2, 0) is 0 Å². The summed E-state index contributed by atoms with van der Waals surface area (Å²) in [6, 6.07) is 6.13. The first-order chi connectivity index (χ1) is 8.91. The molecule has 2 aromatic carbocycles. The molecule has 0 fully saturated rings. The van der Waals surface area contributed by atoms with Gasteiger partial charge in [0.2, 0.25) is 0 Å². The Labute approximate surface area is 119 Å². The van der Waals surface area contributed by atoms with E-state index in [-0.39, 0.29) is 15.6 Å². The molecule has 0 heterocycles. The minimum Gasteiger partial charge on any atom is -0.320 e. The summed E-state index contributed by atoms with van der Waals surface area (Å²) in [5.41, 5.74) is 6.99. The lowest BCUT2D eigenvalue weighted by atomic mass is 9.97. The maximum Gasteiger partial charge on any atom is 0.129 e. The molecule has 1 unspecified atom stereocenters. The molecule has 0 saturated carbocycles. The maximum absolute atomic E-state index is 13.8. The molecular formula is C14H11Cl2F2N. The van der Waals surface area contributed by atoms with E-state index in [1.165, 1.54) is 24.3 Å². The molecule has 0 aliphatic rings. The number of nitrogens with two attached hydrogens (primary N) is 1. The molecule has 1 atom stereocenters. The first-order valence-electron chi connectivity index (χ1n) is 5.57. The average molecular weight is 302 g/mol. The summed E-state index contributed by atoms with van der Waals surface area (Å²) in [5, 5.41) is 0.362. The van der Waals surface area contributed by atoms with Crippen LogP contribution in [0.15, 0.2) is 30.3 Å². The van der Waals surface area contributed by atoms with Crippen LogP contribution in [0.5, 0.6) is 0 Å². The van der Waals surface area contributed by atoms with E-state index in [1.807, 2.05) is 0 Å². The number of rotatable bonds is 2. The van der Waals surface area contributed by atoms with Crippen LogP contribution in [0.4, 0.5) is 8.78 Å². The molecule has 19 heavy (non-hydrogen) atoms. The van der Waals surface area contributed by atoms with E-state index in [4.69, 9.17) is 28.9 Å². The highest BCUT2D eigenvalue weighted by atomic mass is 35.5. The second-order valence-corrected chi connectivity index (χ2v) is 5.05. The highest BCUT2D eigenvalue weighted by Crippen LogP contribution is 2.33. The lowest BCUT2D eigenvalue weighted by molar-refractivity contribution is 0.598. The molecule has 0 radical (unpaired) electrons. The van der Waals surface area contributed by atoms with Gasteiger partial charge in [-0.1, -0.05) is 29.3 Å². The summed E-state index contributed by atoms with van der Waals surface area (Å²) in [6.07, 6.45) is 0. The van der Waals surface area contributed by atoms with Crippen molar-refractivity contribution >= 4 is 23.2 Å². The maximum atomic E-state index is 13.8. The van der Waals surface area contributed by atoms with E-state index in [9.17, 15) is 8.78 Å². The van der Waals surface area contributed by atoms with Crippen molar-refractivity contribution in [3.63, 3.8) is 0 Å². The van der Waals surface area contributed by atoms with Gasteiger partial charge in [0.1, 0.15) is 11.6 Å². The molecule has 0 saturated heterocycles. The molecule has 2 rings (SSSR count). The average Bonchev–Trinajstić information content (AvgIpc) is 2.33.